The van der Waals surface area contributed by atoms with Crippen LogP contribution >= 0.6 is 0 Å². The molecule has 0 bridgehead atoms. The number of amides is 1. The van der Waals surface area contributed by atoms with Crippen LogP contribution in [0.1, 0.15) is 25.3 Å². The fraction of sp³-hybridized carbons (Fsp3) is 0.353. The van der Waals surface area contributed by atoms with Crippen LogP contribution in [-0.2, 0) is 11.2 Å². The number of hydrogen-bond donors (Lipinski definition) is 2. The molecule has 0 aliphatic carbocycles. The SMILES string of the molecule is CCCC(CN)NC(=O)Cc1cccc2ccccc12. The molecule has 3 nitrogen and oxygen atoms in total. The first-order chi connectivity index (χ1) is 9.74. The van der Waals surface area contributed by atoms with E-state index >= 15 is 0 Å². The van der Waals surface area contributed by atoms with Gasteiger partial charge in [-0.25, -0.2) is 0 Å². The molecular formula is C17H22N2O. The second-order valence-corrected chi connectivity index (χ2v) is 5.10. The number of benzene rings is 2. The van der Waals surface area contributed by atoms with Gasteiger partial charge in [-0.05, 0) is 22.8 Å². The van der Waals surface area contributed by atoms with Gasteiger partial charge in [0.05, 0.1) is 6.42 Å². The summed E-state index contributed by atoms with van der Waals surface area (Å²) in [5.74, 6) is 0.0465. The molecule has 1 unspecified atom stereocenters. The van der Waals surface area contributed by atoms with Gasteiger partial charge in [0.2, 0.25) is 5.91 Å². The summed E-state index contributed by atoms with van der Waals surface area (Å²) < 4.78 is 0. The highest BCUT2D eigenvalue weighted by atomic mass is 16.1. The Morgan fingerprint density at radius 1 is 1.20 bits per heavy atom. The zero-order valence-electron chi connectivity index (χ0n) is 11.9. The highest BCUT2D eigenvalue weighted by Gasteiger charge is 2.11. The molecule has 1 amide bonds. The molecule has 0 saturated carbocycles. The van der Waals surface area contributed by atoms with Crippen LogP contribution in [0.4, 0.5) is 0 Å². The predicted octanol–water partition coefficient (Wildman–Crippen LogP) is 2.63. The molecule has 0 aliphatic heterocycles. The fourth-order valence-corrected chi connectivity index (χ4v) is 2.50. The maximum atomic E-state index is 12.1. The van der Waals surface area contributed by atoms with E-state index < -0.39 is 0 Å². The van der Waals surface area contributed by atoms with Crippen molar-refractivity contribution in [3.05, 3.63) is 48.0 Å². The van der Waals surface area contributed by atoms with Crippen LogP contribution in [0.2, 0.25) is 0 Å². The van der Waals surface area contributed by atoms with Gasteiger partial charge in [0.25, 0.3) is 0 Å². The first kappa shape index (κ1) is 14.5. The zero-order chi connectivity index (χ0) is 14.4. The van der Waals surface area contributed by atoms with Crippen molar-refractivity contribution in [2.45, 2.75) is 32.2 Å². The summed E-state index contributed by atoms with van der Waals surface area (Å²) in [6.45, 7) is 2.59. The van der Waals surface area contributed by atoms with Crippen LogP contribution in [0.25, 0.3) is 10.8 Å². The predicted molar refractivity (Wildman–Crippen MR) is 83.5 cm³/mol. The van der Waals surface area contributed by atoms with Gasteiger partial charge in [-0.1, -0.05) is 55.8 Å². The normalized spacial score (nSPS) is 12.3. The molecule has 2 aromatic rings. The minimum absolute atomic E-state index is 0.0465. The minimum Gasteiger partial charge on any atom is -0.352 e. The molecule has 0 aliphatic rings. The number of nitrogens with two attached hydrogens (primary N) is 1. The summed E-state index contributed by atoms with van der Waals surface area (Å²) >= 11 is 0. The third-order valence-corrected chi connectivity index (χ3v) is 3.52. The number of nitrogens with one attached hydrogen (secondary N) is 1. The van der Waals surface area contributed by atoms with Crippen molar-refractivity contribution >= 4 is 16.7 Å². The van der Waals surface area contributed by atoms with E-state index in [0.29, 0.717) is 13.0 Å². The van der Waals surface area contributed by atoms with Gasteiger partial charge in [0, 0.05) is 12.6 Å². The summed E-state index contributed by atoms with van der Waals surface area (Å²) in [6, 6.07) is 14.3. The second-order valence-electron chi connectivity index (χ2n) is 5.10. The Hall–Kier alpha value is -1.87. The van der Waals surface area contributed by atoms with Crippen LogP contribution in [0, 0.1) is 0 Å². The van der Waals surface area contributed by atoms with Gasteiger partial charge in [0.15, 0.2) is 0 Å². The van der Waals surface area contributed by atoms with E-state index in [1.807, 2.05) is 24.3 Å². The summed E-state index contributed by atoms with van der Waals surface area (Å²) in [5.41, 5.74) is 6.74. The third-order valence-electron chi connectivity index (χ3n) is 3.52. The molecule has 0 saturated heterocycles. The lowest BCUT2D eigenvalue weighted by Crippen LogP contribution is -2.40. The van der Waals surface area contributed by atoms with Crippen molar-refractivity contribution in [1.29, 1.82) is 0 Å². The first-order valence-corrected chi connectivity index (χ1v) is 7.20. The van der Waals surface area contributed by atoms with Crippen molar-refractivity contribution < 1.29 is 4.79 Å². The van der Waals surface area contributed by atoms with Crippen LogP contribution in [-0.4, -0.2) is 18.5 Å². The van der Waals surface area contributed by atoms with Gasteiger partial charge >= 0.3 is 0 Å². The summed E-state index contributed by atoms with van der Waals surface area (Å²) in [5, 5.41) is 5.33. The Kier molecular flexibility index (Phi) is 5.13. The van der Waals surface area contributed by atoms with E-state index in [0.717, 1.165) is 23.8 Å². The lowest BCUT2D eigenvalue weighted by atomic mass is 10.0. The summed E-state index contributed by atoms with van der Waals surface area (Å²) in [6.07, 6.45) is 2.36. The molecule has 0 fully saturated rings. The van der Waals surface area contributed by atoms with Gasteiger partial charge < -0.3 is 11.1 Å². The Labute approximate surface area is 120 Å². The third kappa shape index (κ3) is 3.58. The molecule has 2 aromatic carbocycles. The van der Waals surface area contributed by atoms with Crippen LogP contribution in [0.3, 0.4) is 0 Å². The Morgan fingerprint density at radius 2 is 1.95 bits per heavy atom. The van der Waals surface area contributed by atoms with Crippen molar-refractivity contribution in [2.75, 3.05) is 6.54 Å². The molecule has 1 atom stereocenters. The van der Waals surface area contributed by atoms with Crippen LogP contribution in [0.15, 0.2) is 42.5 Å². The first-order valence-electron chi connectivity index (χ1n) is 7.20. The lowest BCUT2D eigenvalue weighted by molar-refractivity contribution is -0.121. The summed E-state index contributed by atoms with van der Waals surface area (Å²) in [7, 11) is 0. The largest absolute Gasteiger partial charge is 0.352 e. The lowest BCUT2D eigenvalue weighted by Gasteiger charge is -2.16. The van der Waals surface area contributed by atoms with Gasteiger partial charge in [-0.2, -0.15) is 0 Å². The molecule has 20 heavy (non-hydrogen) atoms. The Morgan fingerprint density at radius 3 is 2.70 bits per heavy atom. The van der Waals surface area contributed by atoms with Gasteiger partial charge in [-0.3, -0.25) is 4.79 Å². The molecule has 3 heteroatoms. The Bertz CT molecular complexity index is 575. The molecule has 0 spiro atoms. The topological polar surface area (TPSA) is 55.1 Å². The Balaban J connectivity index is 2.10. The van der Waals surface area contributed by atoms with Crippen molar-refractivity contribution in [3.8, 4) is 0 Å². The van der Waals surface area contributed by atoms with E-state index in [2.05, 4.69) is 30.4 Å². The minimum atomic E-state index is 0.0465. The quantitative estimate of drug-likeness (QED) is 0.847. The average molecular weight is 270 g/mol. The highest BCUT2D eigenvalue weighted by molar-refractivity contribution is 5.90. The monoisotopic (exact) mass is 270 g/mol. The molecule has 106 valence electrons. The summed E-state index contributed by atoms with van der Waals surface area (Å²) in [4.78, 5) is 12.1. The van der Waals surface area contributed by atoms with E-state index in [4.69, 9.17) is 5.73 Å². The smallest absolute Gasteiger partial charge is 0.224 e. The van der Waals surface area contributed by atoms with Gasteiger partial charge in [0.1, 0.15) is 0 Å². The molecule has 2 rings (SSSR count). The molecule has 0 radical (unpaired) electrons. The second kappa shape index (κ2) is 7.06. The molecular weight excluding hydrogens is 248 g/mol. The molecule has 0 heterocycles. The number of carbonyl (C=O) groups is 1. The maximum Gasteiger partial charge on any atom is 0.224 e. The van der Waals surface area contributed by atoms with E-state index in [1.165, 1.54) is 5.39 Å². The van der Waals surface area contributed by atoms with Crippen molar-refractivity contribution in [1.82, 2.24) is 5.32 Å². The van der Waals surface area contributed by atoms with E-state index in [1.54, 1.807) is 0 Å². The van der Waals surface area contributed by atoms with Crippen LogP contribution < -0.4 is 11.1 Å². The van der Waals surface area contributed by atoms with Crippen LogP contribution in [0.5, 0.6) is 0 Å². The number of fused-ring (bicyclic) bond motifs is 1. The number of rotatable bonds is 6. The fourth-order valence-electron chi connectivity index (χ4n) is 2.50. The molecule has 3 N–H and O–H groups in total. The van der Waals surface area contributed by atoms with Gasteiger partial charge in [-0.15, -0.1) is 0 Å². The average Bonchev–Trinajstić information content (AvgIpc) is 2.47. The maximum absolute atomic E-state index is 12.1. The highest BCUT2D eigenvalue weighted by Crippen LogP contribution is 2.18. The number of hydrogen-bond acceptors (Lipinski definition) is 2. The molecule has 0 aromatic heterocycles. The van der Waals surface area contributed by atoms with E-state index in [-0.39, 0.29) is 11.9 Å². The zero-order valence-corrected chi connectivity index (χ0v) is 11.9. The van der Waals surface area contributed by atoms with E-state index in [9.17, 15) is 4.79 Å². The number of carbonyl (C=O) groups excluding carboxylic acids is 1. The standard InChI is InChI=1S/C17H22N2O/c1-2-6-15(12-18)19-17(20)11-14-9-5-8-13-7-3-4-10-16(13)14/h3-5,7-10,15H,2,6,11-12,18H2,1H3,(H,19,20). The van der Waals surface area contributed by atoms with Crippen molar-refractivity contribution in [2.24, 2.45) is 5.73 Å². The van der Waals surface area contributed by atoms with Crippen molar-refractivity contribution in [3.63, 3.8) is 0 Å².